The van der Waals surface area contributed by atoms with Gasteiger partial charge in [-0.05, 0) is 42.8 Å². The molecular formula is C27H35N7O. The average molecular weight is 474 g/mol. The Hall–Kier alpha value is -3.26. The average Bonchev–Trinajstić information content (AvgIpc) is 3.33. The van der Waals surface area contributed by atoms with Crippen LogP contribution < -0.4 is 9.80 Å². The summed E-state index contributed by atoms with van der Waals surface area (Å²) in [4.78, 5) is 23.9. The molecule has 0 radical (unpaired) electrons. The fourth-order valence-electron chi connectivity index (χ4n) is 5.46. The summed E-state index contributed by atoms with van der Waals surface area (Å²) in [6, 6.07) is 13.5. The molecule has 3 aliphatic heterocycles. The molecule has 2 aromatic heterocycles. The predicted octanol–water partition coefficient (Wildman–Crippen LogP) is 3.09. The minimum Gasteiger partial charge on any atom is -0.369 e. The van der Waals surface area contributed by atoms with Crippen LogP contribution in [0.2, 0.25) is 0 Å². The van der Waals surface area contributed by atoms with E-state index >= 15 is 0 Å². The van der Waals surface area contributed by atoms with E-state index in [0.29, 0.717) is 0 Å². The van der Waals surface area contributed by atoms with Crippen LogP contribution in [0.1, 0.15) is 13.3 Å². The van der Waals surface area contributed by atoms with Crippen molar-refractivity contribution in [3.8, 4) is 11.1 Å². The van der Waals surface area contributed by atoms with Gasteiger partial charge in [0, 0.05) is 89.1 Å². The Balaban J connectivity index is 1.16. The van der Waals surface area contributed by atoms with Gasteiger partial charge in [0.05, 0.1) is 11.2 Å². The summed E-state index contributed by atoms with van der Waals surface area (Å²) in [6.07, 6.45) is 5.14. The smallest absolute Gasteiger partial charge is 0.320 e. The second-order valence-electron chi connectivity index (χ2n) is 9.84. The number of rotatable bonds is 4. The van der Waals surface area contributed by atoms with E-state index in [2.05, 4.69) is 69.3 Å². The van der Waals surface area contributed by atoms with Gasteiger partial charge in [-0.2, -0.15) is 5.10 Å². The van der Waals surface area contributed by atoms with Gasteiger partial charge in [0.25, 0.3) is 0 Å². The van der Waals surface area contributed by atoms with Crippen molar-refractivity contribution >= 4 is 22.9 Å². The van der Waals surface area contributed by atoms with Gasteiger partial charge in [0.1, 0.15) is 0 Å². The summed E-state index contributed by atoms with van der Waals surface area (Å²) >= 11 is 0. The number of anilines is 2. The second kappa shape index (κ2) is 9.41. The van der Waals surface area contributed by atoms with Gasteiger partial charge in [-0.25, -0.2) is 9.31 Å². The molecule has 8 heteroatoms. The molecule has 184 valence electrons. The molecule has 0 bridgehead atoms. The van der Waals surface area contributed by atoms with Crippen LogP contribution in [0, 0.1) is 0 Å². The lowest BCUT2D eigenvalue weighted by Gasteiger charge is -2.41. The van der Waals surface area contributed by atoms with E-state index in [4.69, 9.17) is 0 Å². The molecule has 0 aliphatic carbocycles. The number of aromatic nitrogens is 2. The van der Waals surface area contributed by atoms with Gasteiger partial charge in [0.15, 0.2) is 0 Å². The number of hydrogen-bond acceptors (Lipinski definition) is 5. The zero-order valence-corrected chi connectivity index (χ0v) is 20.6. The lowest BCUT2D eigenvalue weighted by molar-refractivity contribution is 0.124. The largest absolute Gasteiger partial charge is 0.369 e. The van der Waals surface area contributed by atoms with Gasteiger partial charge in [0.2, 0.25) is 0 Å². The SMILES string of the molecule is CCN1CCN(c2ccc(-c3cc4c(N5CCN(C(=O)N6CCC6)CC5)ccnn4c3)cc2)CC1. The Bertz CT molecular complexity index is 1170. The molecule has 0 spiro atoms. The van der Waals surface area contributed by atoms with Crippen molar-refractivity contribution in [2.45, 2.75) is 13.3 Å². The topological polar surface area (TPSA) is 50.6 Å². The van der Waals surface area contributed by atoms with Crippen LogP contribution in [0.5, 0.6) is 0 Å². The molecule has 0 saturated carbocycles. The van der Waals surface area contributed by atoms with Crippen molar-refractivity contribution in [2.75, 3.05) is 81.8 Å². The van der Waals surface area contributed by atoms with E-state index in [1.807, 2.05) is 20.5 Å². The Morgan fingerprint density at radius 3 is 2.14 bits per heavy atom. The number of benzene rings is 1. The summed E-state index contributed by atoms with van der Waals surface area (Å²) in [6.45, 7) is 12.9. The molecule has 3 saturated heterocycles. The summed E-state index contributed by atoms with van der Waals surface area (Å²) in [5, 5.41) is 4.58. The summed E-state index contributed by atoms with van der Waals surface area (Å²) < 4.78 is 1.99. The molecule has 3 aromatic rings. The van der Waals surface area contributed by atoms with Crippen molar-refractivity contribution < 1.29 is 4.79 Å². The fourth-order valence-corrected chi connectivity index (χ4v) is 5.46. The molecule has 5 heterocycles. The maximum absolute atomic E-state index is 12.6. The van der Waals surface area contributed by atoms with Gasteiger partial charge < -0.3 is 24.5 Å². The van der Waals surface area contributed by atoms with Crippen LogP contribution in [0.4, 0.5) is 16.2 Å². The van der Waals surface area contributed by atoms with Crippen molar-refractivity contribution in [1.29, 1.82) is 0 Å². The normalized spacial score (nSPS) is 19.3. The predicted molar refractivity (Wildman–Crippen MR) is 140 cm³/mol. The highest BCUT2D eigenvalue weighted by atomic mass is 16.2. The van der Waals surface area contributed by atoms with Crippen LogP contribution >= 0.6 is 0 Å². The number of amides is 2. The van der Waals surface area contributed by atoms with Crippen LogP contribution in [0.15, 0.2) is 48.8 Å². The number of urea groups is 1. The van der Waals surface area contributed by atoms with Crippen molar-refractivity contribution in [1.82, 2.24) is 24.3 Å². The molecule has 35 heavy (non-hydrogen) atoms. The Labute approximate surface area is 207 Å². The lowest BCUT2D eigenvalue weighted by Crippen LogP contribution is -2.55. The van der Waals surface area contributed by atoms with Gasteiger partial charge >= 0.3 is 6.03 Å². The molecule has 0 N–H and O–H groups in total. The minimum atomic E-state index is 0.205. The monoisotopic (exact) mass is 473 g/mol. The first-order valence-electron chi connectivity index (χ1n) is 13.0. The van der Waals surface area contributed by atoms with E-state index in [1.165, 1.54) is 22.5 Å². The van der Waals surface area contributed by atoms with Crippen molar-refractivity contribution in [3.05, 3.63) is 48.8 Å². The Kier molecular flexibility index (Phi) is 5.98. The molecule has 1 aromatic carbocycles. The maximum atomic E-state index is 12.6. The van der Waals surface area contributed by atoms with E-state index in [-0.39, 0.29) is 6.03 Å². The zero-order chi connectivity index (χ0) is 23.8. The number of fused-ring (bicyclic) bond motifs is 1. The van der Waals surface area contributed by atoms with Crippen molar-refractivity contribution in [2.24, 2.45) is 0 Å². The number of likely N-dealkylation sites (N-methyl/N-ethyl adjacent to an activating group) is 1. The highest BCUT2D eigenvalue weighted by Gasteiger charge is 2.28. The second-order valence-corrected chi connectivity index (χ2v) is 9.84. The van der Waals surface area contributed by atoms with Gasteiger partial charge in [-0.3, -0.25) is 0 Å². The molecule has 8 nitrogen and oxygen atoms in total. The lowest BCUT2D eigenvalue weighted by atomic mass is 10.1. The van der Waals surface area contributed by atoms with E-state index in [0.717, 1.165) is 83.9 Å². The van der Waals surface area contributed by atoms with Gasteiger partial charge in [-0.15, -0.1) is 0 Å². The molecule has 0 atom stereocenters. The zero-order valence-electron chi connectivity index (χ0n) is 20.6. The number of nitrogens with zero attached hydrogens (tertiary/aromatic N) is 7. The quantitative estimate of drug-likeness (QED) is 0.583. The number of carbonyl (C=O) groups excluding carboxylic acids is 1. The molecule has 6 rings (SSSR count). The summed E-state index contributed by atoms with van der Waals surface area (Å²) in [5.74, 6) is 0. The first-order chi connectivity index (χ1) is 17.2. The number of likely N-dealkylation sites (tertiary alicyclic amines) is 1. The number of hydrogen-bond donors (Lipinski definition) is 0. The third-order valence-corrected chi connectivity index (χ3v) is 7.89. The highest BCUT2D eigenvalue weighted by Crippen LogP contribution is 2.30. The van der Waals surface area contributed by atoms with E-state index in [1.54, 1.807) is 0 Å². The van der Waals surface area contributed by atoms with Gasteiger partial charge in [-0.1, -0.05) is 19.1 Å². The van der Waals surface area contributed by atoms with E-state index < -0.39 is 0 Å². The first kappa shape index (κ1) is 22.2. The van der Waals surface area contributed by atoms with Crippen LogP contribution in [-0.2, 0) is 0 Å². The van der Waals surface area contributed by atoms with E-state index in [9.17, 15) is 4.79 Å². The third kappa shape index (κ3) is 4.31. The molecule has 2 amide bonds. The highest BCUT2D eigenvalue weighted by molar-refractivity contribution is 5.81. The Morgan fingerprint density at radius 1 is 0.800 bits per heavy atom. The molecule has 3 fully saturated rings. The summed E-state index contributed by atoms with van der Waals surface area (Å²) in [7, 11) is 0. The van der Waals surface area contributed by atoms with Crippen LogP contribution in [0.25, 0.3) is 16.6 Å². The molecular weight excluding hydrogens is 438 g/mol. The number of piperazine rings is 2. The third-order valence-electron chi connectivity index (χ3n) is 7.89. The first-order valence-corrected chi connectivity index (χ1v) is 13.0. The van der Waals surface area contributed by atoms with Crippen LogP contribution in [-0.4, -0.2) is 102 Å². The maximum Gasteiger partial charge on any atom is 0.320 e. The standard InChI is InChI=1S/C27H35N7O/c1-2-29-12-14-30(15-13-29)24-6-4-22(5-7-24)23-20-26-25(8-9-28-34(26)21-23)31-16-18-33(19-17-31)27(35)32-10-3-11-32/h4-9,20-21H,2-3,10-19H2,1H3. The number of carbonyl (C=O) groups is 1. The molecule has 3 aliphatic rings. The van der Waals surface area contributed by atoms with Crippen LogP contribution in [0.3, 0.4) is 0 Å². The van der Waals surface area contributed by atoms with Crippen molar-refractivity contribution in [3.63, 3.8) is 0 Å². The minimum absolute atomic E-state index is 0.205. The Morgan fingerprint density at radius 2 is 1.49 bits per heavy atom. The summed E-state index contributed by atoms with van der Waals surface area (Å²) in [5.41, 5.74) is 6.00. The fraction of sp³-hybridized carbons (Fsp3) is 0.481. The molecule has 0 unspecified atom stereocenters.